The summed E-state index contributed by atoms with van der Waals surface area (Å²) in [6.07, 6.45) is 1.01. The van der Waals surface area contributed by atoms with Crippen molar-refractivity contribution >= 4 is 33.8 Å². The first kappa shape index (κ1) is 24.2. The number of rotatable bonds is 6. The number of sulfonamides is 1. The first-order chi connectivity index (χ1) is 13.8. The Bertz CT molecular complexity index is 952. The summed E-state index contributed by atoms with van der Waals surface area (Å²) in [5.74, 6) is -0.198. The van der Waals surface area contributed by atoms with Gasteiger partial charge in [0.1, 0.15) is 5.75 Å². The Labute approximate surface area is 182 Å². The molecule has 10 heteroatoms. The van der Waals surface area contributed by atoms with Crippen LogP contribution in [0.15, 0.2) is 47.4 Å². The van der Waals surface area contributed by atoms with Gasteiger partial charge in [0.25, 0.3) is 10.0 Å². The van der Waals surface area contributed by atoms with E-state index in [-0.39, 0.29) is 23.1 Å². The number of ether oxygens (including phenoxy) is 1. The lowest BCUT2D eigenvalue weighted by molar-refractivity contribution is -0.0499. The molecule has 1 heterocycles. The number of halogens is 3. The topological polar surface area (TPSA) is 61.9 Å². The number of hydrogen-bond donors (Lipinski definition) is 1. The van der Waals surface area contributed by atoms with E-state index in [9.17, 15) is 17.2 Å². The molecule has 6 nitrogen and oxygen atoms in total. The smallest absolute Gasteiger partial charge is 0.387 e. The van der Waals surface area contributed by atoms with E-state index >= 15 is 0 Å². The second-order valence-electron chi connectivity index (χ2n) is 6.89. The standard InChI is InChI=1S/C20H25F2N3O3S.ClH/c1-15-7-8-16(13-19(15)25-11-4-9-23-10-12-25)24(2)29(26,27)18-6-3-5-17(14-18)28-20(21)22;/h3,5-8,13-14,20,23H,4,9-12H2,1-2H3;1H. The molecule has 2 aromatic rings. The minimum absolute atomic E-state index is 0. The van der Waals surface area contributed by atoms with Gasteiger partial charge >= 0.3 is 6.61 Å². The van der Waals surface area contributed by atoms with E-state index in [2.05, 4.69) is 15.0 Å². The molecule has 0 unspecified atom stereocenters. The Balaban J connectivity index is 0.00000320. The van der Waals surface area contributed by atoms with Crippen LogP contribution in [0, 0.1) is 6.92 Å². The minimum atomic E-state index is -3.94. The zero-order chi connectivity index (χ0) is 21.0. The average Bonchev–Trinajstić information content (AvgIpc) is 2.97. The predicted octanol–water partition coefficient (Wildman–Crippen LogP) is 3.64. The molecule has 166 valence electrons. The van der Waals surface area contributed by atoms with E-state index in [0.29, 0.717) is 5.69 Å². The van der Waals surface area contributed by atoms with Crippen LogP contribution < -0.4 is 19.3 Å². The Morgan fingerprint density at radius 3 is 2.63 bits per heavy atom. The molecular formula is C20H26ClF2N3O3S. The second-order valence-corrected chi connectivity index (χ2v) is 8.86. The molecule has 1 aliphatic rings. The highest BCUT2D eigenvalue weighted by Gasteiger charge is 2.23. The third-order valence-electron chi connectivity index (χ3n) is 4.93. The number of anilines is 2. The van der Waals surface area contributed by atoms with Gasteiger partial charge in [-0.3, -0.25) is 4.31 Å². The largest absolute Gasteiger partial charge is 0.435 e. The summed E-state index contributed by atoms with van der Waals surface area (Å²) in [4.78, 5) is 2.13. The van der Waals surface area contributed by atoms with Gasteiger partial charge in [0.05, 0.1) is 10.6 Å². The van der Waals surface area contributed by atoms with Crippen LogP contribution in [0.2, 0.25) is 0 Å². The molecule has 0 saturated carbocycles. The van der Waals surface area contributed by atoms with Gasteiger partial charge in [-0.05, 0) is 49.7 Å². The highest BCUT2D eigenvalue weighted by atomic mass is 35.5. The van der Waals surface area contributed by atoms with Gasteiger partial charge in [0.15, 0.2) is 0 Å². The monoisotopic (exact) mass is 461 g/mol. The fourth-order valence-electron chi connectivity index (χ4n) is 3.33. The van der Waals surface area contributed by atoms with Gasteiger partial charge in [-0.15, -0.1) is 12.4 Å². The van der Waals surface area contributed by atoms with Gasteiger partial charge in [0, 0.05) is 38.4 Å². The second kappa shape index (κ2) is 10.3. The van der Waals surface area contributed by atoms with Crippen molar-refractivity contribution in [2.45, 2.75) is 24.9 Å². The Morgan fingerprint density at radius 2 is 1.90 bits per heavy atom. The maximum Gasteiger partial charge on any atom is 0.387 e. The lowest BCUT2D eigenvalue weighted by Crippen LogP contribution is -2.30. The minimum Gasteiger partial charge on any atom is -0.435 e. The molecule has 3 rings (SSSR count). The van der Waals surface area contributed by atoms with Gasteiger partial charge in [-0.2, -0.15) is 8.78 Å². The van der Waals surface area contributed by atoms with Crippen LogP contribution in [-0.2, 0) is 10.0 Å². The normalized spacial score (nSPS) is 14.8. The van der Waals surface area contributed by atoms with Crippen molar-refractivity contribution in [1.29, 1.82) is 0 Å². The van der Waals surface area contributed by atoms with E-state index in [0.717, 1.165) is 54.2 Å². The van der Waals surface area contributed by atoms with Crippen LogP contribution >= 0.6 is 12.4 Å². The number of alkyl halides is 2. The molecule has 0 aromatic heterocycles. The van der Waals surface area contributed by atoms with Crippen molar-refractivity contribution in [3.05, 3.63) is 48.0 Å². The van der Waals surface area contributed by atoms with E-state index in [1.165, 1.54) is 25.2 Å². The highest BCUT2D eigenvalue weighted by Crippen LogP contribution is 2.30. The number of nitrogens with zero attached hydrogens (tertiary/aromatic N) is 2. The first-order valence-corrected chi connectivity index (χ1v) is 10.8. The molecular weight excluding hydrogens is 436 g/mol. The quantitative estimate of drug-likeness (QED) is 0.711. The van der Waals surface area contributed by atoms with Gasteiger partial charge in [-0.25, -0.2) is 8.42 Å². The Morgan fingerprint density at radius 1 is 1.13 bits per heavy atom. The summed E-state index contributed by atoms with van der Waals surface area (Å²) in [5.41, 5.74) is 2.56. The number of hydrogen-bond acceptors (Lipinski definition) is 5. The average molecular weight is 462 g/mol. The Kier molecular flexibility index (Phi) is 8.28. The maximum absolute atomic E-state index is 13.1. The maximum atomic E-state index is 13.1. The summed E-state index contributed by atoms with van der Waals surface area (Å²) in [6.45, 7) is 2.54. The molecule has 1 aliphatic heterocycles. The third-order valence-corrected chi connectivity index (χ3v) is 6.71. The molecule has 0 amide bonds. The Hall–Kier alpha value is -2.10. The summed E-state index contributed by atoms with van der Waals surface area (Å²) in [6, 6.07) is 10.6. The number of nitrogens with one attached hydrogen (secondary N) is 1. The van der Waals surface area contributed by atoms with Crippen molar-refractivity contribution < 1.29 is 21.9 Å². The lowest BCUT2D eigenvalue weighted by atomic mass is 10.1. The third kappa shape index (κ3) is 5.53. The number of benzene rings is 2. The fourth-order valence-corrected chi connectivity index (χ4v) is 4.55. The van der Waals surface area contributed by atoms with Crippen molar-refractivity contribution in [2.24, 2.45) is 0 Å². The summed E-state index contributed by atoms with van der Waals surface area (Å²) in [5, 5.41) is 3.36. The van der Waals surface area contributed by atoms with Crippen molar-refractivity contribution in [3.8, 4) is 5.75 Å². The van der Waals surface area contributed by atoms with Crippen LogP contribution in [0.1, 0.15) is 12.0 Å². The summed E-state index contributed by atoms with van der Waals surface area (Å²) >= 11 is 0. The van der Waals surface area contributed by atoms with E-state index in [1.807, 2.05) is 19.1 Å². The molecule has 1 N–H and O–H groups in total. The molecule has 0 atom stereocenters. The van der Waals surface area contributed by atoms with Crippen LogP contribution in [0.25, 0.3) is 0 Å². The van der Waals surface area contributed by atoms with Gasteiger partial charge < -0.3 is 15.0 Å². The molecule has 0 radical (unpaired) electrons. The zero-order valence-electron chi connectivity index (χ0n) is 16.8. The molecule has 0 spiro atoms. The molecule has 1 saturated heterocycles. The van der Waals surface area contributed by atoms with Gasteiger partial charge in [-0.1, -0.05) is 12.1 Å². The van der Waals surface area contributed by atoms with Crippen molar-refractivity contribution in [2.75, 3.05) is 42.4 Å². The van der Waals surface area contributed by atoms with E-state index in [1.54, 1.807) is 6.07 Å². The first-order valence-electron chi connectivity index (χ1n) is 9.39. The molecule has 2 aromatic carbocycles. The van der Waals surface area contributed by atoms with E-state index < -0.39 is 16.6 Å². The summed E-state index contributed by atoms with van der Waals surface area (Å²) < 4.78 is 56.5. The van der Waals surface area contributed by atoms with E-state index in [4.69, 9.17) is 0 Å². The van der Waals surface area contributed by atoms with Crippen LogP contribution in [0.3, 0.4) is 0 Å². The summed E-state index contributed by atoms with van der Waals surface area (Å²) in [7, 11) is -2.49. The van der Waals surface area contributed by atoms with Crippen LogP contribution in [0.5, 0.6) is 5.75 Å². The SMILES string of the molecule is Cc1ccc(N(C)S(=O)(=O)c2cccc(OC(F)F)c2)cc1N1CCCNCC1.Cl. The molecule has 1 fully saturated rings. The van der Waals surface area contributed by atoms with Crippen LogP contribution in [-0.4, -0.2) is 48.3 Å². The lowest BCUT2D eigenvalue weighted by Gasteiger charge is -2.27. The fraction of sp³-hybridized carbons (Fsp3) is 0.400. The molecule has 30 heavy (non-hydrogen) atoms. The predicted molar refractivity (Wildman–Crippen MR) is 117 cm³/mol. The van der Waals surface area contributed by atoms with Gasteiger partial charge in [0.2, 0.25) is 0 Å². The van der Waals surface area contributed by atoms with Crippen LogP contribution in [0.4, 0.5) is 20.2 Å². The zero-order valence-corrected chi connectivity index (χ0v) is 18.5. The molecule has 0 bridgehead atoms. The molecule has 0 aliphatic carbocycles. The number of aryl methyl sites for hydroxylation is 1. The van der Waals surface area contributed by atoms with Crippen molar-refractivity contribution in [1.82, 2.24) is 5.32 Å². The van der Waals surface area contributed by atoms with Crippen molar-refractivity contribution in [3.63, 3.8) is 0 Å². The highest BCUT2D eigenvalue weighted by molar-refractivity contribution is 7.92.